The van der Waals surface area contributed by atoms with E-state index in [0.717, 1.165) is 30.4 Å². The summed E-state index contributed by atoms with van der Waals surface area (Å²) in [5, 5.41) is 2.97. The van der Waals surface area contributed by atoms with Gasteiger partial charge in [-0.3, -0.25) is 4.79 Å². The van der Waals surface area contributed by atoms with E-state index in [1.807, 2.05) is 37.3 Å². The number of amides is 1. The molecule has 0 spiro atoms. The minimum atomic E-state index is -0.0792. The number of hydrogen-bond acceptors (Lipinski definition) is 4. The third-order valence-corrected chi connectivity index (χ3v) is 4.73. The van der Waals surface area contributed by atoms with Gasteiger partial charge >= 0.3 is 0 Å². The molecule has 0 saturated carbocycles. The van der Waals surface area contributed by atoms with Crippen molar-refractivity contribution in [1.82, 2.24) is 15.3 Å². The van der Waals surface area contributed by atoms with Crippen molar-refractivity contribution in [3.8, 4) is 0 Å². The Kier molecular flexibility index (Phi) is 5.25. The zero-order valence-corrected chi connectivity index (χ0v) is 16.2. The molecular formula is C21H28N4O. The predicted octanol–water partition coefficient (Wildman–Crippen LogP) is 3.61. The van der Waals surface area contributed by atoms with E-state index in [2.05, 4.69) is 41.0 Å². The molecule has 1 aliphatic heterocycles. The number of rotatable bonds is 4. The van der Waals surface area contributed by atoms with Gasteiger partial charge in [0, 0.05) is 24.3 Å². The first-order chi connectivity index (χ1) is 12.3. The lowest BCUT2D eigenvalue weighted by molar-refractivity contribution is 0.0950. The molecule has 2 heterocycles. The van der Waals surface area contributed by atoms with E-state index in [9.17, 15) is 4.79 Å². The summed E-state index contributed by atoms with van der Waals surface area (Å²) >= 11 is 0. The lowest BCUT2D eigenvalue weighted by Crippen LogP contribution is -2.25. The van der Waals surface area contributed by atoms with Gasteiger partial charge in [0.1, 0.15) is 0 Å². The molecule has 1 aliphatic rings. The van der Waals surface area contributed by atoms with Crippen LogP contribution in [0.15, 0.2) is 30.3 Å². The largest absolute Gasteiger partial charge is 0.346 e. The lowest BCUT2D eigenvalue weighted by Gasteiger charge is -2.19. The number of aryl methyl sites for hydroxylation is 1. The van der Waals surface area contributed by atoms with Crippen molar-refractivity contribution >= 4 is 11.9 Å². The van der Waals surface area contributed by atoms with Crippen LogP contribution in [0.2, 0.25) is 0 Å². The van der Waals surface area contributed by atoms with Crippen molar-refractivity contribution < 1.29 is 4.79 Å². The standard InChI is InChI=1S/C21H28N4O/c1-15-13-18(24-20(23-15)25-11-5-6-12-25)14-22-19(26)16-7-9-17(10-8-16)21(2,3)4/h7-10,13H,5-6,11-12,14H2,1-4H3,(H,22,26). The summed E-state index contributed by atoms with van der Waals surface area (Å²) in [6.07, 6.45) is 2.38. The Balaban J connectivity index is 1.65. The van der Waals surface area contributed by atoms with Crippen LogP contribution in [0.5, 0.6) is 0 Å². The molecule has 138 valence electrons. The van der Waals surface area contributed by atoms with Crippen molar-refractivity contribution in [2.24, 2.45) is 0 Å². The SMILES string of the molecule is Cc1cc(CNC(=O)c2ccc(C(C)(C)C)cc2)nc(N2CCCC2)n1. The highest BCUT2D eigenvalue weighted by molar-refractivity contribution is 5.94. The molecule has 26 heavy (non-hydrogen) atoms. The van der Waals surface area contributed by atoms with Crippen LogP contribution in [-0.2, 0) is 12.0 Å². The molecule has 5 heteroatoms. The Labute approximate surface area is 155 Å². The smallest absolute Gasteiger partial charge is 0.251 e. The molecule has 1 aromatic carbocycles. The van der Waals surface area contributed by atoms with Crippen molar-refractivity contribution in [2.45, 2.75) is 52.5 Å². The zero-order valence-electron chi connectivity index (χ0n) is 16.2. The van der Waals surface area contributed by atoms with Gasteiger partial charge in [0.25, 0.3) is 5.91 Å². The highest BCUT2D eigenvalue weighted by Crippen LogP contribution is 2.22. The molecule has 5 nitrogen and oxygen atoms in total. The van der Waals surface area contributed by atoms with Gasteiger partial charge in [-0.15, -0.1) is 0 Å². The second-order valence-corrected chi connectivity index (χ2v) is 8.00. The molecule has 0 aliphatic carbocycles. The number of aromatic nitrogens is 2. The number of benzene rings is 1. The van der Waals surface area contributed by atoms with Crippen molar-refractivity contribution in [3.05, 3.63) is 52.8 Å². The van der Waals surface area contributed by atoms with Gasteiger partial charge in [0.05, 0.1) is 12.2 Å². The topological polar surface area (TPSA) is 58.1 Å². The highest BCUT2D eigenvalue weighted by atomic mass is 16.1. The third kappa shape index (κ3) is 4.40. The first-order valence-corrected chi connectivity index (χ1v) is 9.31. The van der Waals surface area contributed by atoms with Gasteiger partial charge in [-0.2, -0.15) is 0 Å². The lowest BCUT2D eigenvalue weighted by atomic mass is 9.87. The first kappa shape index (κ1) is 18.4. The monoisotopic (exact) mass is 352 g/mol. The van der Waals surface area contributed by atoms with Gasteiger partial charge in [-0.25, -0.2) is 9.97 Å². The molecule has 1 fully saturated rings. The number of carbonyl (C=O) groups excluding carboxylic acids is 1. The Morgan fingerprint density at radius 3 is 2.38 bits per heavy atom. The normalized spacial score (nSPS) is 14.5. The van der Waals surface area contributed by atoms with Gasteiger partial charge in [-0.05, 0) is 48.9 Å². The van der Waals surface area contributed by atoms with E-state index in [1.54, 1.807) is 0 Å². The molecule has 0 bridgehead atoms. The number of hydrogen-bond donors (Lipinski definition) is 1. The van der Waals surface area contributed by atoms with Crippen LogP contribution in [0.1, 0.15) is 60.9 Å². The Hall–Kier alpha value is -2.43. The van der Waals surface area contributed by atoms with Gasteiger partial charge in [0.2, 0.25) is 5.95 Å². The second-order valence-electron chi connectivity index (χ2n) is 8.00. The number of nitrogens with zero attached hydrogens (tertiary/aromatic N) is 3. The maximum absolute atomic E-state index is 12.4. The molecule has 1 N–H and O–H groups in total. The summed E-state index contributed by atoms with van der Waals surface area (Å²) in [6.45, 7) is 10.9. The van der Waals surface area contributed by atoms with Gasteiger partial charge in [-0.1, -0.05) is 32.9 Å². The summed E-state index contributed by atoms with van der Waals surface area (Å²) < 4.78 is 0. The summed E-state index contributed by atoms with van der Waals surface area (Å²) in [4.78, 5) is 23.8. The maximum atomic E-state index is 12.4. The van der Waals surface area contributed by atoms with E-state index in [1.165, 1.54) is 18.4 Å². The van der Waals surface area contributed by atoms with Crippen molar-refractivity contribution in [1.29, 1.82) is 0 Å². The Morgan fingerprint density at radius 1 is 1.12 bits per heavy atom. The molecular weight excluding hydrogens is 324 g/mol. The minimum absolute atomic E-state index is 0.0792. The number of carbonyl (C=O) groups is 1. The van der Waals surface area contributed by atoms with E-state index in [4.69, 9.17) is 0 Å². The molecule has 1 saturated heterocycles. The zero-order chi connectivity index (χ0) is 18.7. The minimum Gasteiger partial charge on any atom is -0.346 e. The fraction of sp³-hybridized carbons (Fsp3) is 0.476. The second kappa shape index (κ2) is 7.44. The molecule has 2 aromatic rings. The average Bonchev–Trinajstić information content (AvgIpc) is 3.13. The summed E-state index contributed by atoms with van der Waals surface area (Å²) in [7, 11) is 0. The Bertz CT molecular complexity index is 772. The highest BCUT2D eigenvalue weighted by Gasteiger charge is 2.17. The maximum Gasteiger partial charge on any atom is 0.251 e. The van der Waals surface area contributed by atoms with Crippen LogP contribution in [0.25, 0.3) is 0 Å². The summed E-state index contributed by atoms with van der Waals surface area (Å²) in [5.74, 6) is 0.700. The van der Waals surface area contributed by atoms with Crippen LogP contribution in [0.4, 0.5) is 5.95 Å². The fourth-order valence-corrected chi connectivity index (χ4v) is 3.16. The summed E-state index contributed by atoms with van der Waals surface area (Å²) in [5.41, 5.74) is 3.75. The molecule has 0 atom stereocenters. The quantitative estimate of drug-likeness (QED) is 0.913. The van der Waals surface area contributed by atoms with E-state index in [-0.39, 0.29) is 11.3 Å². The fourth-order valence-electron chi connectivity index (χ4n) is 3.16. The Morgan fingerprint density at radius 2 is 1.77 bits per heavy atom. The van der Waals surface area contributed by atoms with Crippen molar-refractivity contribution in [3.63, 3.8) is 0 Å². The van der Waals surface area contributed by atoms with E-state index in [0.29, 0.717) is 12.1 Å². The average molecular weight is 352 g/mol. The van der Waals surface area contributed by atoms with Crippen molar-refractivity contribution in [2.75, 3.05) is 18.0 Å². The summed E-state index contributed by atoms with van der Waals surface area (Å²) in [6, 6.07) is 9.75. The van der Waals surface area contributed by atoms with Gasteiger partial charge in [0.15, 0.2) is 0 Å². The van der Waals surface area contributed by atoms with E-state index < -0.39 is 0 Å². The third-order valence-electron chi connectivity index (χ3n) is 4.73. The molecule has 1 aromatic heterocycles. The van der Waals surface area contributed by atoms with Crippen LogP contribution in [0, 0.1) is 6.92 Å². The predicted molar refractivity (Wildman–Crippen MR) is 105 cm³/mol. The molecule has 0 unspecified atom stereocenters. The first-order valence-electron chi connectivity index (χ1n) is 9.31. The number of nitrogens with one attached hydrogen (secondary N) is 1. The van der Waals surface area contributed by atoms with E-state index >= 15 is 0 Å². The van der Waals surface area contributed by atoms with Gasteiger partial charge < -0.3 is 10.2 Å². The molecule has 1 amide bonds. The van der Waals surface area contributed by atoms with Crippen LogP contribution in [0.3, 0.4) is 0 Å². The molecule has 0 radical (unpaired) electrons. The van der Waals surface area contributed by atoms with Crippen LogP contribution in [-0.4, -0.2) is 29.0 Å². The van der Waals surface area contributed by atoms with Crippen LogP contribution < -0.4 is 10.2 Å². The molecule has 3 rings (SSSR count). The number of anilines is 1. The van der Waals surface area contributed by atoms with Crippen LogP contribution >= 0.6 is 0 Å².